The second kappa shape index (κ2) is 7.83. The third-order valence-electron chi connectivity index (χ3n) is 7.34. The van der Waals surface area contributed by atoms with Gasteiger partial charge in [-0.1, -0.05) is 0 Å². The molecule has 0 heterocycles. The minimum atomic E-state index is -0.989. The Labute approximate surface area is 201 Å². The number of Topliss-reactive ketones (excluding diaryl/α,β-unsaturated/α-hetero) is 1. The first-order valence-electron chi connectivity index (χ1n) is 11.1. The van der Waals surface area contributed by atoms with Gasteiger partial charge in [0.25, 0.3) is 0 Å². The van der Waals surface area contributed by atoms with Crippen LogP contribution in [0.2, 0.25) is 4.31 Å². The number of methoxy groups -OCH3 is 1. The van der Waals surface area contributed by atoms with Crippen LogP contribution >= 0.6 is 0 Å². The summed E-state index contributed by atoms with van der Waals surface area (Å²) in [5.41, 5.74) is 2.29. The fourth-order valence-electron chi connectivity index (χ4n) is 5.95. The monoisotopic (exact) mass is 502 g/mol. The number of benzene rings is 3. The van der Waals surface area contributed by atoms with E-state index in [0.717, 1.165) is 26.7 Å². The molecule has 0 radical (unpaired) electrons. The Hall–Kier alpha value is -2.94. The average Bonchev–Trinajstić information content (AvgIpc) is 3.14. The van der Waals surface area contributed by atoms with Crippen molar-refractivity contribution >= 4 is 42.3 Å². The molecule has 2 aliphatic carbocycles. The van der Waals surface area contributed by atoms with Gasteiger partial charge in [0.2, 0.25) is 0 Å². The van der Waals surface area contributed by atoms with Crippen molar-refractivity contribution in [3.8, 4) is 0 Å². The first kappa shape index (κ1) is 21.9. The van der Waals surface area contributed by atoms with E-state index in [0.29, 0.717) is 6.42 Å². The molecule has 3 atom stereocenters. The number of carbonyl (C=O) groups excluding carboxylic acids is 2. The van der Waals surface area contributed by atoms with E-state index in [4.69, 9.17) is 4.74 Å². The molecule has 5 rings (SSSR count). The molecule has 0 aromatic heterocycles. The van der Waals surface area contributed by atoms with Crippen LogP contribution in [0.15, 0.2) is 91.0 Å². The molecule has 1 saturated carbocycles. The molecule has 2 aliphatic rings. The predicted octanol–water partition coefficient (Wildman–Crippen LogP) is 4.96. The van der Waals surface area contributed by atoms with E-state index in [9.17, 15) is 9.59 Å². The second-order valence-corrected chi connectivity index (χ2v) is 12.1. The molecule has 0 aliphatic heterocycles. The SMILES string of the molecule is COC(=O)C1([Se]c2ccccc2)CC2(C)C(=O)C1(C)C(c1ccccc1)=C2c1ccccc1. The van der Waals surface area contributed by atoms with Gasteiger partial charge in [-0.3, -0.25) is 0 Å². The number of ether oxygens (including phenoxy) is 1. The van der Waals surface area contributed by atoms with E-state index in [2.05, 4.69) is 36.4 Å². The topological polar surface area (TPSA) is 43.4 Å². The number of hydrogen-bond acceptors (Lipinski definition) is 3. The van der Waals surface area contributed by atoms with Crippen molar-refractivity contribution in [1.29, 1.82) is 0 Å². The van der Waals surface area contributed by atoms with Crippen molar-refractivity contribution in [2.75, 3.05) is 7.11 Å². The van der Waals surface area contributed by atoms with Crippen LogP contribution in [0.3, 0.4) is 0 Å². The van der Waals surface area contributed by atoms with Gasteiger partial charge in [-0.2, -0.15) is 0 Å². The van der Waals surface area contributed by atoms with Gasteiger partial charge in [-0.05, 0) is 0 Å². The number of ketones is 1. The summed E-state index contributed by atoms with van der Waals surface area (Å²) in [6.07, 6.45) is 0.456. The molecule has 0 amide bonds. The van der Waals surface area contributed by atoms with Crippen LogP contribution in [-0.2, 0) is 14.3 Å². The maximum atomic E-state index is 14.4. The van der Waals surface area contributed by atoms with Crippen molar-refractivity contribution in [2.24, 2.45) is 10.8 Å². The van der Waals surface area contributed by atoms with Crippen LogP contribution < -0.4 is 4.46 Å². The Morgan fingerprint density at radius 2 is 1.27 bits per heavy atom. The van der Waals surface area contributed by atoms with Crippen molar-refractivity contribution in [3.05, 3.63) is 102 Å². The van der Waals surface area contributed by atoms with Crippen LogP contribution in [0.5, 0.6) is 0 Å². The number of allylic oxidation sites excluding steroid dienone is 2. The number of esters is 1. The summed E-state index contributed by atoms with van der Waals surface area (Å²) in [6.45, 7) is 4.01. The van der Waals surface area contributed by atoms with E-state index in [1.165, 1.54) is 7.11 Å². The number of hydrogen-bond donors (Lipinski definition) is 0. The Balaban J connectivity index is 1.84. The molecular weight excluding hydrogens is 475 g/mol. The first-order valence-corrected chi connectivity index (χ1v) is 12.8. The molecule has 3 nitrogen and oxygen atoms in total. The van der Waals surface area contributed by atoms with Crippen molar-refractivity contribution in [1.82, 2.24) is 0 Å². The van der Waals surface area contributed by atoms with E-state index in [-0.39, 0.29) is 26.7 Å². The van der Waals surface area contributed by atoms with Crippen LogP contribution in [0.25, 0.3) is 11.1 Å². The zero-order valence-electron chi connectivity index (χ0n) is 19.0. The molecule has 166 valence electrons. The Bertz CT molecular complexity index is 1250. The zero-order chi connectivity index (χ0) is 23.3. The molecular formula is C29H26O3Se. The maximum absolute atomic E-state index is 14.4. The summed E-state index contributed by atoms with van der Waals surface area (Å²) in [4.78, 5) is 28.0. The van der Waals surface area contributed by atoms with Crippen LogP contribution in [0, 0.1) is 10.8 Å². The van der Waals surface area contributed by atoms with E-state index in [1.807, 2.05) is 68.4 Å². The van der Waals surface area contributed by atoms with E-state index >= 15 is 0 Å². The van der Waals surface area contributed by atoms with Gasteiger partial charge in [-0.25, -0.2) is 0 Å². The molecule has 1 fully saturated rings. The fraction of sp³-hybridized carbons (Fsp3) is 0.241. The molecule has 3 aromatic rings. The molecule has 33 heavy (non-hydrogen) atoms. The van der Waals surface area contributed by atoms with E-state index in [1.54, 1.807) is 0 Å². The molecule has 4 heteroatoms. The minimum absolute atomic E-state index is 0.121. The number of fused-ring (bicyclic) bond motifs is 2. The fourth-order valence-corrected chi connectivity index (χ4v) is 9.35. The van der Waals surface area contributed by atoms with Gasteiger partial charge in [0, 0.05) is 0 Å². The number of carbonyl (C=O) groups is 2. The number of rotatable bonds is 5. The normalized spacial score (nSPS) is 28.3. The second-order valence-electron chi connectivity index (χ2n) is 9.18. The molecule has 0 N–H and O–H groups in total. The Morgan fingerprint density at radius 1 is 0.788 bits per heavy atom. The third-order valence-corrected chi connectivity index (χ3v) is 10.6. The molecule has 3 unspecified atom stereocenters. The third kappa shape index (κ3) is 2.94. The standard InChI is InChI=1S/C29H26O3Se/c1-27-19-29(26(31)32-3,33-22-17-11-6-12-18-22)28(2,25(27)30)24(21-15-9-5-10-16-21)23(27)20-13-7-4-8-14-20/h4-18H,19H2,1-3H3. The summed E-state index contributed by atoms with van der Waals surface area (Å²) in [7, 11) is 1.44. The molecule has 2 bridgehead atoms. The Kier molecular flexibility index (Phi) is 5.19. The predicted molar refractivity (Wildman–Crippen MR) is 132 cm³/mol. The van der Waals surface area contributed by atoms with Gasteiger partial charge < -0.3 is 0 Å². The van der Waals surface area contributed by atoms with Crippen molar-refractivity contribution < 1.29 is 14.3 Å². The van der Waals surface area contributed by atoms with E-state index < -0.39 is 15.1 Å². The van der Waals surface area contributed by atoms with Crippen LogP contribution in [0.1, 0.15) is 31.4 Å². The van der Waals surface area contributed by atoms with Crippen LogP contribution in [-0.4, -0.2) is 33.8 Å². The zero-order valence-corrected chi connectivity index (χ0v) is 20.7. The van der Waals surface area contributed by atoms with Gasteiger partial charge in [0.05, 0.1) is 0 Å². The van der Waals surface area contributed by atoms with Gasteiger partial charge in [0.1, 0.15) is 0 Å². The average molecular weight is 501 g/mol. The molecule has 0 saturated heterocycles. The summed E-state index contributed by atoms with van der Waals surface area (Å²) in [6, 6.07) is 30.3. The summed E-state index contributed by atoms with van der Waals surface area (Å²) < 4.78 is 5.61. The van der Waals surface area contributed by atoms with Crippen LogP contribution in [0.4, 0.5) is 0 Å². The Morgan fingerprint density at radius 3 is 1.79 bits per heavy atom. The molecule has 3 aromatic carbocycles. The van der Waals surface area contributed by atoms with Gasteiger partial charge in [0.15, 0.2) is 0 Å². The first-order chi connectivity index (χ1) is 15.9. The van der Waals surface area contributed by atoms with Gasteiger partial charge in [-0.15, -0.1) is 0 Å². The summed E-state index contributed by atoms with van der Waals surface area (Å²) >= 11 is -0.300. The van der Waals surface area contributed by atoms with Crippen molar-refractivity contribution in [2.45, 2.75) is 24.6 Å². The quantitative estimate of drug-likeness (QED) is 0.367. The van der Waals surface area contributed by atoms with Gasteiger partial charge >= 0.3 is 201 Å². The summed E-state index contributed by atoms with van der Waals surface area (Å²) in [5, 5.41) is 0. The summed E-state index contributed by atoms with van der Waals surface area (Å²) in [5.74, 6) is -0.164. The molecule has 0 spiro atoms. The van der Waals surface area contributed by atoms with Crippen molar-refractivity contribution in [3.63, 3.8) is 0 Å².